The van der Waals surface area contributed by atoms with E-state index in [1.54, 1.807) is 24.3 Å². The van der Waals surface area contributed by atoms with E-state index >= 15 is 0 Å². The third kappa shape index (κ3) is 3.93. The van der Waals surface area contributed by atoms with Gasteiger partial charge in [-0.1, -0.05) is 0 Å². The van der Waals surface area contributed by atoms with Gasteiger partial charge in [-0.05, 0) is 30.7 Å². The van der Waals surface area contributed by atoms with Crippen LogP contribution in [0.2, 0.25) is 0 Å². The number of rotatable bonds is 3. The highest BCUT2D eigenvalue weighted by atomic mass is 35.5. The van der Waals surface area contributed by atoms with Crippen molar-refractivity contribution in [1.82, 2.24) is 5.32 Å². The number of benzene rings is 1. The van der Waals surface area contributed by atoms with Crippen LogP contribution < -0.4 is 10.6 Å². The van der Waals surface area contributed by atoms with Gasteiger partial charge in [-0.25, -0.2) is 4.79 Å². The minimum atomic E-state index is -0.475. The number of anilines is 1. The number of hydrogen-bond donors (Lipinski definition) is 3. The molecule has 110 valence electrons. The van der Waals surface area contributed by atoms with Crippen LogP contribution in [-0.4, -0.2) is 42.8 Å². The third-order valence-electron chi connectivity index (χ3n) is 3.00. The molecule has 0 aliphatic carbocycles. The Labute approximate surface area is 122 Å². The summed E-state index contributed by atoms with van der Waals surface area (Å²) in [6.45, 7) is 0.430. The number of carbonyl (C=O) groups excluding carboxylic acids is 2. The molecule has 0 bridgehead atoms. The SMILES string of the molecule is COC(=O)c1ccc(NC(=O)C2CC(O)CN2)cc1.Cl. The van der Waals surface area contributed by atoms with Crippen molar-refractivity contribution in [3.63, 3.8) is 0 Å². The molecule has 1 aromatic carbocycles. The molecule has 1 amide bonds. The van der Waals surface area contributed by atoms with Gasteiger partial charge in [-0.15, -0.1) is 12.4 Å². The molecule has 0 saturated carbocycles. The molecule has 2 atom stereocenters. The lowest BCUT2D eigenvalue weighted by atomic mass is 10.1. The first-order valence-electron chi connectivity index (χ1n) is 6.01. The molecule has 1 aromatic rings. The van der Waals surface area contributed by atoms with Crippen molar-refractivity contribution in [2.75, 3.05) is 19.0 Å². The minimum Gasteiger partial charge on any atom is -0.465 e. The molecule has 1 heterocycles. The van der Waals surface area contributed by atoms with Crippen LogP contribution in [0, 0.1) is 0 Å². The fourth-order valence-corrected chi connectivity index (χ4v) is 1.95. The van der Waals surface area contributed by atoms with Crippen molar-refractivity contribution in [2.45, 2.75) is 18.6 Å². The van der Waals surface area contributed by atoms with Crippen molar-refractivity contribution in [2.24, 2.45) is 0 Å². The average molecular weight is 301 g/mol. The van der Waals surface area contributed by atoms with Crippen LogP contribution >= 0.6 is 12.4 Å². The largest absolute Gasteiger partial charge is 0.465 e. The summed E-state index contributed by atoms with van der Waals surface area (Å²) in [7, 11) is 1.31. The van der Waals surface area contributed by atoms with Crippen LogP contribution in [0.5, 0.6) is 0 Å². The van der Waals surface area contributed by atoms with E-state index in [2.05, 4.69) is 15.4 Å². The molecule has 3 N–H and O–H groups in total. The number of ether oxygens (including phenoxy) is 1. The zero-order valence-electron chi connectivity index (χ0n) is 11.0. The topological polar surface area (TPSA) is 87.7 Å². The molecule has 7 heteroatoms. The summed E-state index contributed by atoms with van der Waals surface area (Å²) >= 11 is 0. The molecule has 1 aliphatic rings. The number of methoxy groups -OCH3 is 1. The Morgan fingerprint density at radius 3 is 2.50 bits per heavy atom. The highest BCUT2D eigenvalue weighted by molar-refractivity contribution is 5.96. The maximum atomic E-state index is 11.9. The van der Waals surface area contributed by atoms with Gasteiger partial charge in [0.05, 0.1) is 24.8 Å². The second-order valence-corrected chi connectivity index (χ2v) is 4.41. The predicted molar refractivity (Wildman–Crippen MR) is 76.1 cm³/mol. The number of carbonyl (C=O) groups is 2. The van der Waals surface area contributed by atoms with E-state index in [-0.39, 0.29) is 24.4 Å². The smallest absolute Gasteiger partial charge is 0.337 e. The molecule has 0 aromatic heterocycles. The van der Waals surface area contributed by atoms with Gasteiger partial charge in [0.2, 0.25) is 5.91 Å². The van der Waals surface area contributed by atoms with E-state index in [9.17, 15) is 14.7 Å². The standard InChI is InChI=1S/C13H16N2O4.ClH/c1-19-13(18)8-2-4-9(5-3-8)15-12(17)11-6-10(16)7-14-11;/h2-5,10-11,14,16H,6-7H2,1H3,(H,15,17);1H. The van der Waals surface area contributed by atoms with Crippen LogP contribution in [0.3, 0.4) is 0 Å². The molecular weight excluding hydrogens is 284 g/mol. The molecule has 1 saturated heterocycles. The Balaban J connectivity index is 0.00000200. The molecule has 2 unspecified atom stereocenters. The summed E-state index contributed by atoms with van der Waals surface area (Å²) in [5.74, 6) is -0.610. The summed E-state index contributed by atoms with van der Waals surface area (Å²) in [5, 5.41) is 15.0. The lowest BCUT2D eigenvalue weighted by Crippen LogP contribution is -2.35. The summed E-state index contributed by atoms with van der Waals surface area (Å²) in [6.07, 6.45) is -0.0658. The summed E-state index contributed by atoms with van der Waals surface area (Å²) in [5.41, 5.74) is 1.02. The molecule has 0 radical (unpaired) electrons. The Hall–Kier alpha value is -1.63. The van der Waals surface area contributed by atoms with Crippen molar-refractivity contribution < 1.29 is 19.4 Å². The Morgan fingerprint density at radius 1 is 1.35 bits per heavy atom. The number of aliphatic hydroxyl groups excluding tert-OH is 1. The lowest BCUT2D eigenvalue weighted by molar-refractivity contribution is -0.117. The number of aliphatic hydroxyl groups is 1. The van der Waals surface area contributed by atoms with Gasteiger partial charge in [0, 0.05) is 12.2 Å². The van der Waals surface area contributed by atoms with Gasteiger partial charge in [-0.2, -0.15) is 0 Å². The summed E-state index contributed by atoms with van der Waals surface area (Å²) in [6, 6.07) is 6.05. The van der Waals surface area contributed by atoms with E-state index in [4.69, 9.17) is 0 Å². The molecule has 1 fully saturated rings. The van der Waals surface area contributed by atoms with Crippen molar-refractivity contribution in [3.8, 4) is 0 Å². The predicted octanol–water partition coefficient (Wildman–Crippen LogP) is 0.556. The summed E-state index contributed by atoms with van der Waals surface area (Å²) < 4.78 is 4.59. The highest BCUT2D eigenvalue weighted by Gasteiger charge is 2.27. The fraction of sp³-hybridized carbons (Fsp3) is 0.385. The normalized spacial score (nSPS) is 20.9. The van der Waals surface area contributed by atoms with Gasteiger partial charge in [0.25, 0.3) is 0 Å². The van der Waals surface area contributed by atoms with Crippen molar-refractivity contribution in [1.29, 1.82) is 0 Å². The van der Waals surface area contributed by atoms with Crippen LogP contribution in [0.4, 0.5) is 5.69 Å². The van der Waals surface area contributed by atoms with Gasteiger partial charge < -0.3 is 20.5 Å². The zero-order chi connectivity index (χ0) is 13.8. The lowest BCUT2D eigenvalue weighted by Gasteiger charge is -2.11. The van der Waals surface area contributed by atoms with E-state index in [1.165, 1.54) is 7.11 Å². The first-order chi connectivity index (χ1) is 9.10. The quantitative estimate of drug-likeness (QED) is 0.710. The molecular formula is C13H17ClN2O4. The number of esters is 1. The van der Waals surface area contributed by atoms with Gasteiger partial charge in [0.15, 0.2) is 0 Å². The molecule has 2 rings (SSSR count). The monoisotopic (exact) mass is 300 g/mol. The number of hydrogen-bond acceptors (Lipinski definition) is 5. The van der Waals surface area contributed by atoms with Crippen LogP contribution in [0.15, 0.2) is 24.3 Å². The maximum absolute atomic E-state index is 11.9. The first-order valence-corrected chi connectivity index (χ1v) is 6.01. The zero-order valence-corrected chi connectivity index (χ0v) is 11.8. The van der Waals surface area contributed by atoms with E-state index < -0.39 is 12.1 Å². The Bertz CT molecular complexity index is 478. The third-order valence-corrected chi connectivity index (χ3v) is 3.00. The van der Waals surface area contributed by atoms with Crippen LogP contribution in [-0.2, 0) is 9.53 Å². The molecule has 1 aliphatic heterocycles. The van der Waals surface area contributed by atoms with Crippen LogP contribution in [0.25, 0.3) is 0 Å². The Kier molecular flexibility index (Phi) is 5.94. The average Bonchev–Trinajstić information content (AvgIpc) is 2.85. The first kappa shape index (κ1) is 16.4. The maximum Gasteiger partial charge on any atom is 0.337 e. The molecule has 6 nitrogen and oxygen atoms in total. The second-order valence-electron chi connectivity index (χ2n) is 4.41. The van der Waals surface area contributed by atoms with Gasteiger partial charge in [-0.3, -0.25) is 4.79 Å². The van der Waals surface area contributed by atoms with Gasteiger partial charge >= 0.3 is 5.97 Å². The van der Waals surface area contributed by atoms with Crippen molar-refractivity contribution in [3.05, 3.63) is 29.8 Å². The second kappa shape index (κ2) is 7.23. The number of halogens is 1. The van der Waals surface area contributed by atoms with E-state index in [0.717, 1.165) is 0 Å². The van der Waals surface area contributed by atoms with Crippen molar-refractivity contribution >= 4 is 30.0 Å². The highest BCUT2D eigenvalue weighted by Crippen LogP contribution is 2.13. The molecule has 20 heavy (non-hydrogen) atoms. The Morgan fingerprint density at radius 2 is 2.00 bits per heavy atom. The fourth-order valence-electron chi connectivity index (χ4n) is 1.95. The number of nitrogens with one attached hydrogen (secondary N) is 2. The number of amides is 1. The van der Waals surface area contributed by atoms with E-state index in [0.29, 0.717) is 24.2 Å². The summed E-state index contributed by atoms with van der Waals surface area (Å²) in [4.78, 5) is 23.1. The van der Waals surface area contributed by atoms with E-state index in [1.807, 2.05) is 0 Å². The minimum absolute atomic E-state index is 0. The van der Waals surface area contributed by atoms with Crippen LogP contribution in [0.1, 0.15) is 16.8 Å². The number of β-amino-alcohol motifs (C(OH)–C–C–N with tert-alkyl or cyclic N) is 1. The molecule has 0 spiro atoms. The van der Waals surface area contributed by atoms with Gasteiger partial charge in [0.1, 0.15) is 0 Å².